The second-order valence-electron chi connectivity index (χ2n) is 5.39. The summed E-state index contributed by atoms with van der Waals surface area (Å²) in [4.78, 5) is 0. The molecule has 0 aliphatic rings. The molecule has 1 aromatic heterocycles. The van der Waals surface area contributed by atoms with Gasteiger partial charge in [-0.05, 0) is 30.2 Å². The van der Waals surface area contributed by atoms with Crippen LogP contribution in [-0.4, -0.2) is 27.2 Å². The van der Waals surface area contributed by atoms with Gasteiger partial charge in [0.05, 0.1) is 19.4 Å². The van der Waals surface area contributed by atoms with Crippen molar-refractivity contribution in [3.63, 3.8) is 0 Å². The van der Waals surface area contributed by atoms with Crippen molar-refractivity contribution in [2.24, 2.45) is 0 Å². The van der Waals surface area contributed by atoms with Gasteiger partial charge in [0.25, 0.3) is 0 Å². The molecule has 0 bridgehead atoms. The van der Waals surface area contributed by atoms with E-state index in [0.29, 0.717) is 12.1 Å². The van der Waals surface area contributed by atoms with Crippen LogP contribution < -0.4 is 4.74 Å². The van der Waals surface area contributed by atoms with E-state index in [2.05, 4.69) is 10.3 Å². The van der Waals surface area contributed by atoms with Crippen LogP contribution in [0.1, 0.15) is 22.5 Å². The minimum Gasteiger partial charge on any atom is -0.494 e. The number of benzene rings is 2. The Labute approximate surface area is 135 Å². The number of aliphatic hydroxyl groups is 1. The molecule has 5 nitrogen and oxygen atoms in total. The third kappa shape index (κ3) is 3.10. The number of aliphatic hydroxyl groups excluding tert-OH is 1. The number of ether oxygens (including phenoxy) is 1. The fourth-order valence-electron chi connectivity index (χ4n) is 2.58. The zero-order valence-corrected chi connectivity index (χ0v) is 13.2. The van der Waals surface area contributed by atoms with Crippen molar-refractivity contribution < 1.29 is 9.84 Å². The molecule has 0 atom stereocenters. The smallest absolute Gasteiger partial charge is 0.144 e. The monoisotopic (exact) mass is 309 g/mol. The van der Waals surface area contributed by atoms with Crippen molar-refractivity contribution in [1.29, 1.82) is 0 Å². The van der Waals surface area contributed by atoms with E-state index in [1.165, 1.54) is 0 Å². The third-order valence-corrected chi connectivity index (χ3v) is 3.77. The van der Waals surface area contributed by atoms with Crippen LogP contribution in [0.15, 0.2) is 48.5 Å². The highest BCUT2D eigenvalue weighted by Gasteiger charge is 2.17. The van der Waals surface area contributed by atoms with E-state index in [1.54, 1.807) is 11.8 Å². The van der Waals surface area contributed by atoms with Gasteiger partial charge in [0.1, 0.15) is 17.1 Å². The van der Waals surface area contributed by atoms with Crippen molar-refractivity contribution in [1.82, 2.24) is 15.0 Å². The highest BCUT2D eigenvalue weighted by Crippen LogP contribution is 2.26. The van der Waals surface area contributed by atoms with Crippen molar-refractivity contribution in [2.75, 3.05) is 7.11 Å². The van der Waals surface area contributed by atoms with Gasteiger partial charge >= 0.3 is 0 Å². The summed E-state index contributed by atoms with van der Waals surface area (Å²) in [7, 11) is 1.63. The van der Waals surface area contributed by atoms with Crippen LogP contribution in [0.2, 0.25) is 0 Å². The SMILES string of the molecule is COc1ccc(C)cc1-n1nnc(CO)c1Cc1ccccc1. The predicted molar refractivity (Wildman–Crippen MR) is 87.8 cm³/mol. The first-order valence-corrected chi connectivity index (χ1v) is 7.46. The van der Waals surface area contributed by atoms with Gasteiger partial charge in [-0.2, -0.15) is 0 Å². The van der Waals surface area contributed by atoms with Crippen LogP contribution in [0.25, 0.3) is 5.69 Å². The molecule has 0 fully saturated rings. The molecule has 0 aliphatic carbocycles. The molecule has 0 saturated carbocycles. The maximum absolute atomic E-state index is 9.59. The van der Waals surface area contributed by atoms with E-state index in [-0.39, 0.29) is 6.61 Å². The summed E-state index contributed by atoms with van der Waals surface area (Å²) in [5.74, 6) is 0.722. The summed E-state index contributed by atoms with van der Waals surface area (Å²) in [5.41, 5.74) is 4.51. The van der Waals surface area contributed by atoms with Crippen LogP contribution in [0.3, 0.4) is 0 Å². The maximum atomic E-state index is 9.59. The molecular weight excluding hydrogens is 290 g/mol. The van der Waals surface area contributed by atoms with Gasteiger partial charge in [0.2, 0.25) is 0 Å². The standard InChI is InChI=1S/C18H19N3O2/c1-13-8-9-18(23-2)17(10-13)21-16(15(12-22)19-20-21)11-14-6-4-3-5-7-14/h3-10,22H,11-12H2,1-2H3. The number of aryl methyl sites for hydroxylation is 1. The quantitative estimate of drug-likeness (QED) is 0.787. The minimum absolute atomic E-state index is 0.143. The molecule has 0 aliphatic heterocycles. The lowest BCUT2D eigenvalue weighted by molar-refractivity contribution is 0.275. The van der Waals surface area contributed by atoms with E-state index in [9.17, 15) is 5.11 Å². The van der Waals surface area contributed by atoms with E-state index < -0.39 is 0 Å². The molecule has 1 heterocycles. The molecule has 0 amide bonds. The summed E-state index contributed by atoms with van der Waals surface area (Å²) in [5, 5.41) is 17.9. The first kappa shape index (κ1) is 15.2. The lowest BCUT2D eigenvalue weighted by Gasteiger charge is -2.12. The van der Waals surface area contributed by atoms with Crippen LogP contribution >= 0.6 is 0 Å². The summed E-state index contributed by atoms with van der Waals surface area (Å²) >= 11 is 0. The Morgan fingerprint density at radius 2 is 1.91 bits per heavy atom. The Hall–Kier alpha value is -2.66. The van der Waals surface area contributed by atoms with Gasteiger partial charge in [-0.15, -0.1) is 5.10 Å². The Balaban J connectivity index is 2.10. The molecule has 3 aromatic rings. The molecule has 0 unspecified atom stereocenters. The van der Waals surface area contributed by atoms with Gasteiger partial charge in [-0.1, -0.05) is 41.6 Å². The first-order chi connectivity index (χ1) is 11.2. The van der Waals surface area contributed by atoms with E-state index >= 15 is 0 Å². The highest BCUT2D eigenvalue weighted by atomic mass is 16.5. The van der Waals surface area contributed by atoms with Gasteiger partial charge in [0, 0.05) is 6.42 Å². The Kier molecular flexibility index (Phi) is 4.39. The van der Waals surface area contributed by atoms with E-state index in [0.717, 1.165) is 28.3 Å². The molecule has 2 aromatic carbocycles. The van der Waals surface area contributed by atoms with E-state index in [4.69, 9.17) is 4.74 Å². The zero-order chi connectivity index (χ0) is 16.2. The Morgan fingerprint density at radius 3 is 2.61 bits per heavy atom. The lowest BCUT2D eigenvalue weighted by atomic mass is 10.1. The van der Waals surface area contributed by atoms with Crippen LogP contribution in [0, 0.1) is 6.92 Å². The van der Waals surface area contributed by atoms with Crippen molar-refractivity contribution in [3.8, 4) is 11.4 Å². The molecule has 0 spiro atoms. The maximum Gasteiger partial charge on any atom is 0.144 e. The number of nitrogens with zero attached hydrogens (tertiary/aromatic N) is 3. The second kappa shape index (κ2) is 6.62. The number of rotatable bonds is 5. The number of aromatic nitrogens is 3. The van der Waals surface area contributed by atoms with Crippen molar-refractivity contribution in [3.05, 3.63) is 71.0 Å². The van der Waals surface area contributed by atoms with Crippen molar-refractivity contribution >= 4 is 0 Å². The van der Waals surface area contributed by atoms with Gasteiger partial charge in [-0.25, -0.2) is 4.68 Å². The normalized spacial score (nSPS) is 10.7. The van der Waals surface area contributed by atoms with Crippen LogP contribution in [0.5, 0.6) is 5.75 Å². The average Bonchev–Trinajstić information content (AvgIpc) is 2.98. The number of methoxy groups -OCH3 is 1. The molecule has 5 heteroatoms. The molecule has 0 saturated heterocycles. The number of hydrogen-bond donors (Lipinski definition) is 1. The molecule has 0 radical (unpaired) electrons. The molecule has 1 N–H and O–H groups in total. The summed E-state index contributed by atoms with van der Waals surface area (Å²) < 4.78 is 7.21. The summed E-state index contributed by atoms with van der Waals surface area (Å²) in [6.07, 6.45) is 0.640. The zero-order valence-electron chi connectivity index (χ0n) is 13.2. The Bertz CT molecular complexity index is 797. The largest absolute Gasteiger partial charge is 0.494 e. The second-order valence-corrected chi connectivity index (χ2v) is 5.39. The van der Waals surface area contributed by atoms with Crippen LogP contribution in [0.4, 0.5) is 0 Å². The van der Waals surface area contributed by atoms with E-state index in [1.807, 2.05) is 55.5 Å². The Morgan fingerprint density at radius 1 is 1.13 bits per heavy atom. The number of hydrogen-bond acceptors (Lipinski definition) is 4. The molecule has 3 rings (SSSR count). The summed E-state index contributed by atoms with van der Waals surface area (Å²) in [6.45, 7) is 1.87. The van der Waals surface area contributed by atoms with Gasteiger partial charge < -0.3 is 9.84 Å². The molecule has 118 valence electrons. The van der Waals surface area contributed by atoms with Gasteiger partial charge in [0.15, 0.2) is 0 Å². The minimum atomic E-state index is -0.143. The topological polar surface area (TPSA) is 60.2 Å². The molecular formula is C18H19N3O2. The summed E-state index contributed by atoms with van der Waals surface area (Å²) in [6, 6.07) is 16.0. The van der Waals surface area contributed by atoms with Crippen molar-refractivity contribution in [2.45, 2.75) is 20.0 Å². The first-order valence-electron chi connectivity index (χ1n) is 7.46. The fraction of sp³-hybridized carbons (Fsp3) is 0.222. The molecule has 23 heavy (non-hydrogen) atoms. The predicted octanol–water partition coefficient (Wildman–Crippen LogP) is 2.67. The van der Waals surface area contributed by atoms with Gasteiger partial charge in [-0.3, -0.25) is 0 Å². The third-order valence-electron chi connectivity index (χ3n) is 3.77. The fourth-order valence-corrected chi connectivity index (χ4v) is 2.58. The highest BCUT2D eigenvalue weighted by molar-refractivity contribution is 5.49. The lowest BCUT2D eigenvalue weighted by Crippen LogP contribution is -2.07. The average molecular weight is 309 g/mol. The van der Waals surface area contributed by atoms with Crippen LogP contribution in [-0.2, 0) is 13.0 Å².